The molecule has 1 fully saturated rings. The smallest absolute Gasteiger partial charge is 0.235 e. The minimum absolute atomic E-state index is 0.427. The van der Waals surface area contributed by atoms with E-state index in [4.69, 9.17) is 0 Å². The Hall–Kier alpha value is -1.23. The molecule has 5 heteroatoms. The summed E-state index contributed by atoms with van der Waals surface area (Å²) >= 11 is 0. The summed E-state index contributed by atoms with van der Waals surface area (Å²) in [5.41, 5.74) is 1.67. The highest BCUT2D eigenvalue weighted by molar-refractivity contribution is 7.93. The fourth-order valence-electron chi connectivity index (χ4n) is 2.06. The van der Waals surface area contributed by atoms with Crippen molar-refractivity contribution in [2.24, 2.45) is 0 Å². The van der Waals surface area contributed by atoms with Crippen molar-refractivity contribution in [1.29, 1.82) is 0 Å². The lowest BCUT2D eigenvalue weighted by Gasteiger charge is -2.22. The molecule has 1 heterocycles. The van der Waals surface area contributed by atoms with Gasteiger partial charge in [0.25, 0.3) is 0 Å². The molecule has 4 nitrogen and oxygen atoms in total. The molecule has 0 saturated carbocycles. The molecular formula is C13H20N2O2S. The van der Waals surface area contributed by atoms with Crippen LogP contribution < -0.4 is 9.62 Å². The Labute approximate surface area is 109 Å². The number of hydrogen-bond acceptors (Lipinski definition) is 3. The molecule has 0 spiro atoms. The lowest BCUT2D eigenvalue weighted by atomic mass is 10.2. The van der Waals surface area contributed by atoms with E-state index >= 15 is 0 Å². The number of anilines is 2. The average Bonchev–Trinajstić information content (AvgIpc) is 2.82. The average molecular weight is 268 g/mol. The van der Waals surface area contributed by atoms with Crippen molar-refractivity contribution in [1.82, 2.24) is 0 Å². The van der Waals surface area contributed by atoms with Crippen LogP contribution in [0.4, 0.5) is 11.4 Å². The minimum Gasteiger partial charge on any atom is -0.370 e. The van der Waals surface area contributed by atoms with Crippen LogP contribution in [0.1, 0.15) is 26.7 Å². The van der Waals surface area contributed by atoms with Crippen LogP contribution in [0.2, 0.25) is 0 Å². The molecule has 1 aromatic rings. The molecule has 1 aliphatic rings. The molecule has 1 aliphatic heterocycles. The Morgan fingerprint density at radius 2 is 1.78 bits per heavy atom. The number of nitrogens with zero attached hydrogens (tertiary/aromatic N) is 1. The lowest BCUT2D eigenvalue weighted by molar-refractivity contribution is 0.593. The van der Waals surface area contributed by atoms with Gasteiger partial charge < -0.3 is 4.90 Å². The highest BCUT2D eigenvalue weighted by atomic mass is 32.2. The summed E-state index contributed by atoms with van der Waals surface area (Å²) in [6, 6.07) is 7.61. The molecule has 100 valence electrons. The standard InChI is InChI=1S/C13H20N2O2S/c1-11(2)18(16,17)14-12-7-3-4-8-13(12)15-9-5-6-10-15/h3-4,7-8,11,14H,5-6,9-10H2,1-2H3. The highest BCUT2D eigenvalue weighted by Gasteiger charge is 2.20. The quantitative estimate of drug-likeness (QED) is 0.912. The molecule has 0 aromatic heterocycles. The Morgan fingerprint density at radius 1 is 1.17 bits per heavy atom. The summed E-state index contributed by atoms with van der Waals surface area (Å²) in [5, 5.41) is -0.427. The number of benzene rings is 1. The van der Waals surface area contributed by atoms with E-state index in [0.717, 1.165) is 18.8 Å². The summed E-state index contributed by atoms with van der Waals surface area (Å²) in [7, 11) is -3.28. The number of rotatable bonds is 4. The van der Waals surface area contributed by atoms with Crippen molar-refractivity contribution in [2.75, 3.05) is 22.7 Å². The Bertz CT molecular complexity index is 505. The van der Waals surface area contributed by atoms with Gasteiger partial charge >= 0.3 is 0 Å². The summed E-state index contributed by atoms with van der Waals surface area (Å²) < 4.78 is 26.6. The van der Waals surface area contributed by atoms with E-state index in [1.807, 2.05) is 24.3 Å². The second-order valence-electron chi connectivity index (χ2n) is 4.91. The van der Waals surface area contributed by atoms with E-state index in [-0.39, 0.29) is 0 Å². The van der Waals surface area contributed by atoms with Crippen LogP contribution in [-0.2, 0) is 10.0 Å². The fourth-order valence-corrected chi connectivity index (χ4v) is 2.78. The maximum Gasteiger partial charge on any atom is 0.235 e. The second kappa shape index (κ2) is 5.18. The normalized spacial score (nSPS) is 16.3. The molecule has 18 heavy (non-hydrogen) atoms. The number of sulfonamides is 1. The SMILES string of the molecule is CC(C)S(=O)(=O)Nc1ccccc1N1CCCC1. The first-order chi connectivity index (χ1) is 8.50. The first kappa shape index (κ1) is 13.2. The predicted molar refractivity (Wildman–Crippen MR) is 75.6 cm³/mol. The van der Waals surface area contributed by atoms with Crippen LogP contribution in [0.3, 0.4) is 0 Å². The van der Waals surface area contributed by atoms with E-state index < -0.39 is 15.3 Å². The van der Waals surface area contributed by atoms with Crippen molar-refractivity contribution in [3.05, 3.63) is 24.3 Å². The third-order valence-corrected chi connectivity index (χ3v) is 4.97. The predicted octanol–water partition coefficient (Wildman–Crippen LogP) is 2.44. The van der Waals surface area contributed by atoms with E-state index in [1.165, 1.54) is 12.8 Å². The van der Waals surface area contributed by atoms with E-state index in [9.17, 15) is 8.42 Å². The first-order valence-electron chi connectivity index (χ1n) is 6.36. The molecule has 1 aromatic carbocycles. The van der Waals surface area contributed by atoms with Gasteiger partial charge in [-0.25, -0.2) is 8.42 Å². The minimum atomic E-state index is -3.28. The van der Waals surface area contributed by atoms with Crippen LogP contribution in [0.15, 0.2) is 24.3 Å². The van der Waals surface area contributed by atoms with Crippen molar-refractivity contribution in [3.8, 4) is 0 Å². The summed E-state index contributed by atoms with van der Waals surface area (Å²) in [4.78, 5) is 2.23. The first-order valence-corrected chi connectivity index (χ1v) is 7.91. The van der Waals surface area contributed by atoms with E-state index in [1.54, 1.807) is 13.8 Å². The van der Waals surface area contributed by atoms with Gasteiger partial charge in [0.2, 0.25) is 10.0 Å². The zero-order valence-electron chi connectivity index (χ0n) is 10.9. The Kier molecular flexibility index (Phi) is 3.80. The molecule has 2 rings (SSSR count). The number of nitrogens with one attached hydrogen (secondary N) is 1. The molecular weight excluding hydrogens is 248 g/mol. The van der Waals surface area contributed by atoms with Gasteiger partial charge in [0.05, 0.1) is 16.6 Å². The van der Waals surface area contributed by atoms with Gasteiger partial charge in [-0.05, 0) is 38.8 Å². The van der Waals surface area contributed by atoms with Gasteiger partial charge in [0.15, 0.2) is 0 Å². The fraction of sp³-hybridized carbons (Fsp3) is 0.538. The zero-order chi connectivity index (χ0) is 13.2. The molecule has 0 radical (unpaired) electrons. The van der Waals surface area contributed by atoms with E-state index in [0.29, 0.717) is 5.69 Å². The van der Waals surface area contributed by atoms with Gasteiger partial charge in [-0.2, -0.15) is 0 Å². The lowest BCUT2D eigenvalue weighted by Crippen LogP contribution is -2.25. The summed E-state index contributed by atoms with van der Waals surface area (Å²) in [6.07, 6.45) is 2.34. The highest BCUT2D eigenvalue weighted by Crippen LogP contribution is 2.29. The van der Waals surface area contributed by atoms with Crippen LogP contribution >= 0.6 is 0 Å². The molecule has 0 amide bonds. The van der Waals surface area contributed by atoms with Crippen LogP contribution in [0, 0.1) is 0 Å². The van der Waals surface area contributed by atoms with Crippen molar-refractivity contribution >= 4 is 21.4 Å². The van der Waals surface area contributed by atoms with Gasteiger partial charge in [0.1, 0.15) is 0 Å². The van der Waals surface area contributed by atoms with Crippen molar-refractivity contribution in [2.45, 2.75) is 31.9 Å². The molecule has 1 saturated heterocycles. The zero-order valence-corrected chi connectivity index (χ0v) is 11.7. The van der Waals surface area contributed by atoms with Gasteiger partial charge in [-0.1, -0.05) is 12.1 Å². The van der Waals surface area contributed by atoms with Gasteiger partial charge in [-0.15, -0.1) is 0 Å². The number of hydrogen-bond donors (Lipinski definition) is 1. The monoisotopic (exact) mass is 268 g/mol. The van der Waals surface area contributed by atoms with E-state index in [2.05, 4.69) is 9.62 Å². The molecule has 0 unspecified atom stereocenters. The Balaban J connectivity index is 2.28. The Morgan fingerprint density at radius 3 is 2.39 bits per heavy atom. The number of para-hydroxylation sites is 2. The molecule has 0 aliphatic carbocycles. The summed E-state index contributed by atoms with van der Waals surface area (Å²) in [6.45, 7) is 5.36. The maximum atomic E-state index is 11.9. The largest absolute Gasteiger partial charge is 0.370 e. The molecule has 1 N–H and O–H groups in total. The topological polar surface area (TPSA) is 49.4 Å². The molecule has 0 bridgehead atoms. The third kappa shape index (κ3) is 2.77. The van der Waals surface area contributed by atoms with Crippen LogP contribution in [-0.4, -0.2) is 26.8 Å². The van der Waals surface area contributed by atoms with Gasteiger partial charge in [0, 0.05) is 13.1 Å². The maximum absolute atomic E-state index is 11.9. The summed E-state index contributed by atoms with van der Waals surface area (Å²) in [5.74, 6) is 0. The molecule has 0 atom stereocenters. The van der Waals surface area contributed by atoms with Gasteiger partial charge in [-0.3, -0.25) is 4.72 Å². The second-order valence-corrected chi connectivity index (χ2v) is 7.14. The third-order valence-electron chi connectivity index (χ3n) is 3.22. The van der Waals surface area contributed by atoms with Crippen LogP contribution in [0.25, 0.3) is 0 Å². The van der Waals surface area contributed by atoms with Crippen molar-refractivity contribution < 1.29 is 8.42 Å². The van der Waals surface area contributed by atoms with Crippen LogP contribution in [0.5, 0.6) is 0 Å². The van der Waals surface area contributed by atoms with Crippen molar-refractivity contribution in [3.63, 3.8) is 0 Å².